The molecule has 0 N–H and O–H groups in total. The molecule has 13 aromatic rings. The Labute approximate surface area is 379 Å². The van der Waals surface area contributed by atoms with Gasteiger partial charge >= 0.3 is 0 Å². The fraction of sp³-hybridized carbons (Fsp3) is 0. The average molecular weight is 844 g/mol. The van der Waals surface area contributed by atoms with Gasteiger partial charge in [-0.15, -0.1) is 11.3 Å². The standard InChI is InChI=1S/C61H37N3S/c1-4-19-38(20-5-1)54-42-25-10-14-29-46(42)56(47-30-15-11-26-43(47)54)51-33-18-34-52-57(51)50-36-35-41(37-53(50)65-52)55-44-27-12-16-31-48(44)58(49-32-17-13-28-45(49)55)61-63-59(39-21-6-2-7-22-39)62-60(64-61)40-23-8-3-9-24-40/h1-37H. The SMILES string of the molecule is c1ccc(-c2nc(-c3ccccc3)nc(-c3c4ccccc4c(-c4ccc5c(c4)sc4cccc(-c6c7ccccc7c(-c7ccccc7)c7ccccc67)c45)c4ccccc34)n2)cc1. The van der Waals surface area contributed by atoms with Crippen LogP contribution in [0, 0.1) is 0 Å². The van der Waals surface area contributed by atoms with Gasteiger partial charge < -0.3 is 0 Å². The van der Waals surface area contributed by atoms with Crippen LogP contribution in [0.15, 0.2) is 224 Å². The molecule has 65 heavy (non-hydrogen) atoms. The van der Waals surface area contributed by atoms with Gasteiger partial charge in [-0.2, -0.15) is 0 Å². The van der Waals surface area contributed by atoms with Crippen LogP contribution < -0.4 is 0 Å². The maximum absolute atomic E-state index is 5.24. The number of aromatic nitrogens is 3. The second-order valence-corrected chi connectivity index (χ2v) is 17.7. The van der Waals surface area contributed by atoms with Gasteiger partial charge in [-0.3, -0.25) is 0 Å². The first-order chi connectivity index (χ1) is 32.3. The van der Waals surface area contributed by atoms with E-state index in [1.807, 2.05) is 47.7 Å². The summed E-state index contributed by atoms with van der Waals surface area (Å²) in [4.78, 5) is 15.5. The van der Waals surface area contributed by atoms with Crippen LogP contribution in [0.2, 0.25) is 0 Å². The highest BCUT2D eigenvalue weighted by molar-refractivity contribution is 7.26. The largest absolute Gasteiger partial charge is 0.208 e. The van der Waals surface area contributed by atoms with Gasteiger partial charge in [-0.1, -0.05) is 212 Å². The van der Waals surface area contributed by atoms with Crippen molar-refractivity contribution < 1.29 is 0 Å². The monoisotopic (exact) mass is 843 g/mol. The molecule has 0 aliphatic carbocycles. The summed E-state index contributed by atoms with van der Waals surface area (Å²) in [5.74, 6) is 1.95. The van der Waals surface area contributed by atoms with Crippen molar-refractivity contribution in [1.82, 2.24) is 15.0 Å². The first kappa shape index (κ1) is 37.3. The highest BCUT2D eigenvalue weighted by Gasteiger charge is 2.23. The van der Waals surface area contributed by atoms with E-state index in [2.05, 4.69) is 188 Å². The Morgan fingerprint density at radius 3 is 1.14 bits per heavy atom. The lowest BCUT2D eigenvalue weighted by atomic mass is 9.85. The van der Waals surface area contributed by atoms with Crippen LogP contribution in [-0.4, -0.2) is 15.0 Å². The summed E-state index contributed by atoms with van der Waals surface area (Å²) in [7, 11) is 0. The van der Waals surface area contributed by atoms with Crippen molar-refractivity contribution in [2.45, 2.75) is 0 Å². The van der Waals surface area contributed by atoms with Gasteiger partial charge in [-0.05, 0) is 88.6 Å². The molecule has 4 heteroatoms. The van der Waals surface area contributed by atoms with E-state index in [0.717, 1.165) is 38.2 Å². The van der Waals surface area contributed by atoms with Crippen LogP contribution in [0.5, 0.6) is 0 Å². The third kappa shape index (κ3) is 6.07. The zero-order valence-corrected chi connectivity index (χ0v) is 35.9. The molecule has 0 radical (unpaired) electrons. The molecule has 0 saturated heterocycles. The molecule has 302 valence electrons. The van der Waals surface area contributed by atoms with Gasteiger partial charge in [0.05, 0.1) is 0 Å². The first-order valence-electron chi connectivity index (χ1n) is 22.0. The van der Waals surface area contributed by atoms with Crippen LogP contribution in [0.1, 0.15) is 0 Å². The molecular formula is C61H37N3S. The minimum absolute atomic E-state index is 0.648. The Morgan fingerprint density at radius 1 is 0.246 bits per heavy atom. The maximum Gasteiger partial charge on any atom is 0.165 e. The van der Waals surface area contributed by atoms with E-state index in [0.29, 0.717) is 17.5 Å². The van der Waals surface area contributed by atoms with Gasteiger partial charge in [0.1, 0.15) is 0 Å². The predicted octanol–water partition coefficient (Wildman–Crippen LogP) is 16.9. The van der Waals surface area contributed by atoms with E-state index in [-0.39, 0.29) is 0 Å². The molecular weight excluding hydrogens is 807 g/mol. The summed E-state index contributed by atoms with van der Waals surface area (Å²) >= 11 is 1.87. The molecule has 2 aromatic heterocycles. The highest BCUT2D eigenvalue weighted by Crippen LogP contribution is 2.49. The third-order valence-corrected chi connectivity index (χ3v) is 14.0. The minimum Gasteiger partial charge on any atom is -0.208 e. The van der Waals surface area contributed by atoms with E-state index in [1.165, 1.54) is 75.1 Å². The summed E-state index contributed by atoms with van der Waals surface area (Å²) in [6.07, 6.45) is 0. The molecule has 0 aliphatic heterocycles. The van der Waals surface area contributed by atoms with Crippen molar-refractivity contribution in [2.75, 3.05) is 0 Å². The molecule has 0 unspecified atom stereocenters. The molecule has 0 saturated carbocycles. The second-order valence-electron chi connectivity index (χ2n) is 16.6. The van der Waals surface area contributed by atoms with E-state index in [1.54, 1.807) is 0 Å². The lowest BCUT2D eigenvalue weighted by molar-refractivity contribution is 1.08. The zero-order chi connectivity index (χ0) is 42.8. The van der Waals surface area contributed by atoms with Crippen molar-refractivity contribution >= 4 is 74.6 Å². The van der Waals surface area contributed by atoms with Crippen molar-refractivity contribution in [2.24, 2.45) is 0 Å². The minimum atomic E-state index is 0.648. The van der Waals surface area contributed by atoms with Crippen molar-refractivity contribution in [1.29, 1.82) is 0 Å². The summed E-state index contributed by atoms with van der Waals surface area (Å²) in [5, 5.41) is 12.1. The lowest BCUT2D eigenvalue weighted by Crippen LogP contribution is -2.01. The number of hydrogen-bond acceptors (Lipinski definition) is 4. The molecule has 0 amide bonds. The van der Waals surface area contributed by atoms with Crippen LogP contribution in [0.4, 0.5) is 0 Å². The number of fused-ring (bicyclic) bond motifs is 7. The van der Waals surface area contributed by atoms with Crippen LogP contribution >= 0.6 is 11.3 Å². The first-order valence-corrected chi connectivity index (χ1v) is 22.8. The smallest absolute Gasteiger partial charge is 0.165 e. The quantitative estimate of drug-likeness (QED) is 0.157. The van der Waals surface area contributed by atoms with E-state index in [9.17, 15) is 0 Å². The van der Waals surface area contributed by atoms with Gasteiger partial charge in [0.25, 0.3) is 0 Å². The molecule has 11 aromatic carbocycles. The van der Waals surface area contributed by atoms with Crippen LogP contribution in [-0.2, 0) is 0 Å². The summed E-state index contributed by atoms with van der Waals surface area (Å²) in [6, 6.07) is 80.5. The Kier molecular flexibility index (Phi) is 8.71. The normalized spacial score (nSPS) is 11.7. The second kappa shape index (κ2) is 15.2. The fourth-order valence-electron chi connectivity index (χ4n) is 10.1. The maximum atomic E-state index is 5.24. The van der Waals surface area contributed by atoms with Crippen molar-refractivity contribution in [3.63, 3.8) is 0 Å². The number of benzene rings is 11. The van der Waals surface area contributed by atoms with Gasteiger partial charge in [0.15, 0.2) is 17.5 Å². The van der Waals surface area contributed by atoms with Gasteiger partial charge in [0, 0.05) is 36.9 Å². The number of hydrogen-bond donors (Lipinski definition) is 0. The number of thiophene rings is 1. The van der Waals surface area contributed by atoms with Crippen LogP contribution in [0.25, 0.3) is 131 Å². The molecule has 3 nitrogen and oxygen atoms in total. The molecule has 0 atom stereocenters. The Hall–Kier alpha value is -8.31. The molecule has 13 rings (SSSR count). The Balaban J connectivity index is 1.03. The van der Waals surface area contributed by atoms with E-state index < -0.39 is 0 Å². The summed E-state index contributed by atoms with van der Waals surface area (Å²) in [6.45, 7) is 0. The predicted molar refractivity (Wildman–Crippen MR) is 275 cm³/mol. The zero-order valence-electron chi connectivity index (χ0n) is 35.1. The topological polar surface area (TPSA) is 38.7 Å². The van der Waals surface area contributed by atoms with E-state index in [4.69, 9.17) is 15.0 Å². The van der Waals surface area contributed by atoms with Gasteiger partial charge in [0.2, 0.25) is 0 Å². The summed E-state index contributed by atoms with van der Waals surface area (Å²) < 4.78 is 2.53. The Bertz CT molecular complexity index is 3820. The molecule has 0 spiro atoms. The van der Waals surface area contributed by atoms with Crippen molar-refractivity contribution in [3.8, 4) is 67.5 Å². The number of rotatable bonds is 6. The number of nitrogens with zero attached hydrogens (tertiary/aromatic N) is 3. The van der Waals surface area contributed by atoms with E-state index >= 15 is 0 Å². The van der Waals surface area contributed by atoms with Crippen LogP contribution in [0.3, 0.4) is 0 Å². The summed E-state index contributed by atoms with van der Waals surface area (Å²) in [5.41, 5.74) is 10.3. The third-order valence-electron chi connectivity index (χ3n) is 12.9. The molecule has 0 fully saturated rings. The molecule has 2 heterocycles. The highest BCUT2D eigenvalue weighted by atomic mass is 32.1. The van der Waals surface area contributed by atoms with Gasteiger partial charge in [-0.25, -0.2) is 15.0 Å². The lowest BCUT2D eigenvalue weighted by Gasteiger charge is -2.18. The fourth-order valence-corrected chi connectivity index (χ4v) is 11.3. The average Bonchev–Trinajstić information content (AvgIpc) is 3.76. The molecule has 0 aliphatic rings. The molecule has 0 bridgehead atoms. The van der Waals surface area contributed by atoms with Crippen molar-refractivity contribution in [3.05, 3.63) is 224 Å². The Morgan fingerprint density at radius 2 is 0.646 bits per heavy atom.